The molecule has 90 valence electrons. The van der Waals surface area contributed by atoms with Crippen LogP contribution in [0.3, 0.4) is 0 Å². The topological polar surface area (TPSA) is 23.5 Å². The van der Waals surface area contributed by atoms with E-state index in [1.807, 2.05) is 13.8 Å². The Hall–Kier alpha value is -0.0800. The van der Waals surface area contributed by atoms with Crippen LogP contribution in [-0.4, -0.2) is 35.7 Å². The minimum atomic E-state index is -0.560. The highest BCUT2D eigenvalue weighted by atomic mass is 16.3. The Bertz CT molecular complexity index is 185. The number of hydrogen-bond donors (Lipinski definition) is 1. The molecule has 0 amide bonds. The van der Waals surface area contributed by atoms with Crippen LogP contribution in [0.4, 0.5) is 0 Å². The Labute approximate surface area is 94.7 Å². The minimum Gasteiger partial charge on any atom is -0.389 e. The normalized spacial score (nSPS) is 28.4. The summed E-state index contributed by atoms with van der Waals surface area (Å²) < 4.78 is 0. The molecule has 0 saturated heterocycles. The van der Waals surface area contributed by atoms with E-state index < -0.39 is 5.60 Å². The zero-order valence-electron chi connectivity index (χ0n) is 10.8. The zero-order valence-corrected chi connectivity index (χ0v) is 10.8. The van der Waals surface area contributed by atoms with Gasteiger partial charge in [0.2, 0.25) is 0 Å². The van der Waals surface area contributed by atoms with Gasteiger partial charge < -0.3 is 10.0 Å². The molecule has 0 heterocycles. The van der Waals surface area contributed by atoms with Crippen LogP contribution in [0.15, 0.2) is 0 Å². The van der Waals surface area contributed by atoms with Gasteiger partial charge >= 0.3 is 0 Å². The van der Waals surface area contributed by atoms with E-state index in [0.29, 0.717) is 0 Å². The smallest absolute Gasteiger partial charge is 0.0718 e. The third-order valence-corrected chi connectivity index (χ3v) is 3.27. The monoisotopic (exact) mass is 213 g/mol. The van der Waals surface area contributed by atoms with Crippen molar-refractivity contribution in [2.45, 2.75) is 52.1 Å². The molecule has 1 aliphatic carbocycles. The van der Waals surface area contributed by atoms with Crippen molar-refractivity contribution >= 4 is 0 Å². The fourth-order valence-electron chi connectivity index (χ4n) is 2.89. The zero-order chi connectivity index (χ0) is 11.5. The summed E-state index contributed by atoms with van der Waals surface area (Å²) in [6.45, 7) is 8.05. The summed E-state index contributed by atoms with van der Waals surface area (Å²) in [6, 6.07) is 0. The van der Waals surface area contributed by atoms with Crippen molar-refractivity contribution in [3.05, 3.63) is 0 Å². The highest BCUT2D eigenvalue weighted by Gasteiger charge is 2.22. The van der Waals surface area contributed by atoms with Crippen LogP contribution < -0.4 is 0 Å². The lowest BCUT2D eigenvalue weighted by atomic mass is 9.82. The molecule has 2 unspecified atom stereocenters. The van der Waals surface area contributed by atoms with Gasteiger partial charge in [-0.1, -0.05) is 19.8 Å². The van der Waals surface area contributed by atoms with E-state index >= 15 is 0 Å². The first-order chi connectivity index (χ1) is 6.87. The van der Waals surface area contributed by atoms with E-state index in [0.717, 1.165) is 24.9 Å². The predicted molar refractivity (Wildman–Crippen MR) is 64.9 cm³/mol. The largest absolute Gasteiger partial charge is 0.389 e. The molecule has 0 radical (unpaired) electrons. The van der Waals surface area contributed by atoms with E-state index in [1.54, 1.807) is 0 Å². The molecule has 0 aromatic heterocycles. The molecule has 0 aromatic rings. The molecule has 0 bridgehead atoms. The minimum absolute atomic E-state index is 0.560. The van der Waals surface area contributed by atoms with Crippen LogP contribution in [0.1, 0.15) is 46.5 Å². The molecule has 0 spiro atoms. The summed E-state index contributed by atoms with van der Waals surface area (Å²) in [6.07, 6.45) is 5.55. The van der Waals surface area contributed by atoms with Gasteiger partial charge in [0.25, 0.3) is 0 Å². The van der Waals surface area contributed by atoms with Crippen LogP contribution >= 0.6 is 0 Å². The van der Waals surface area contributed by atoms with Gasteiger partial charge in [0.15, 0.2) is 0 Å². The Morgan fingerprint density at radius 1 is 1.33 bits per heavy atom. The maximum Gasteiger partial charge on any atom is 0.0718 e. The van der Waals surface area contributed by atoms with Gasteiger partial charge in [0, 0.05) is 13.1 Å². The average Bonchev–Trinajstić information content (AvgIpc) is 1.99. The Morgan fingerprint density at radius 2 is 2.00 bits per heavy atom. The first kappa shape index (κ1) is 13.0. The molecule has 1 N–H and O–H groups in total. The van der Waals surface area contributed by atoms with E-state index in [2.05, 4.69) is 18.9 Å². The molecular weight excluding hydrogens is 186 g/mol. The van der Waals surface area contributed by atoms with Gasteiger partial charge in [-0.15, -0.1) is 0 Å². The molecular formula is C13H27NO. The van der Waals surface area contributed by atoms with Crippen molar-refractivity contribution in [1.82, 2.24) is 4.90 Å². The molecule has 1 saturated carbocycles. The number of rotatable bonds is 4. The van der Waals surface area contributed by atoms with Crippen LogP contribution in [0, 0.1) is 11.8 Å². The fourth-order valence-corrected chi connectivity index (χ4v) is 2.89. The van der Waals surface area contributed by atoms with Crippen LogP contribution in [0.25, 0.3) is 0 Å². The SMILES string of the molecule is CC1CCCC(CN(C)CC(C)(C)O)C1. The van der Waals surface area contributed by atoms with E-state index in [1.165, 1.54) is 25.7 Å². The average molecular weight is 213 g/mol. The van der Waals surface area contributed by atoms with Crippen molar-refractivity contribution in [3.63, 3.8) is 0 Å². The van der Waals surface area contributed by atoms with Crippen molar-refractivity contribution in [3.8, 4) is 0 Å². The Kier molecular flexibility index (Phi) is 4.60. The van der Waals surface area contributed by atoms with E-state index in [4.69, 9.17) is 0 Å². The summed E-state index contributed by atoms with van der Waals surface area (Å²) in [5, 5.41) is 9.73. The third-order valence-electron chi connectivity index (χ3n) is 3.27. The number of nitrogens with zero attached hydrogens (tertiary/aromatic N) is 1. The second kappa shape index (κ2) is 5.31. The predicted octanol–water partition coefficient (Wildman–Crippen LogP) is 2.52. The standard InChI is InChI=1S/C13H27NO/c1-11-6-5-7-12(8-11)9-14(4)10-13(2,3)15/h11-12,15H,5-10H2,1-4H3. The van der Waals surface area contributed by atoms with Gasteiger partial charge in [-0.05, 0) is 45.6 Å². The lowest BCUT2D eigenvalue weighted by Gasteiger charge is -2.32. The second-order valence-corrected chi connectivity index (χ2v) is 6.15. The van der Waals surface area contributed by atoms with Crippen LogP contribution in [0.2, 0.25) is 0 Å². The van der Waals surface area contributed by atoms with Crippen molar-refractivity contribution in [2.24, 2.45) is 11.8 Å². The molecule has 0 aliphatic heterocycles. The number of likely N-dealkylation sites (N-methyl/N-ethyl adjacent to an activating group) is 1. The molecule has 2 atom stereocenters. The van der Waals surface area contributed by atoms with Crippen molar-refractivity contribution in [2.75, 3.05) is 20.1 Å². The van der Waals surface area contributed by atoms with Crippen LogP contribution in [0.5, 0.6) is 0 Å². The first-order valence-corrected chi connectivity index (χ1v) is 6.28. The van der Waals surface area contributed by atoms with Gasteiger partial charge in [-0.3, -0.25) is 0 Å². The molecule has 0 aromatic carbocycles. The summed E-state index contributed by atoms with van der Waals surface area (Å²) in [7, 11) is 2.12. The lowest BCUT2D eigenvalue weighted by molar-refractivity contribution is 0.0371. The van der Waals surface area contributed by atoms with Crippen LogP contribution in [-0.2, 0) is 0 Å². The summed E-state index contributed by atoms with van der Waals surface area (Å²) in [5.41, 5.74) is -0.560. The first-order valence-electron chi connectivity index (χ1n) is 6.28. The van der Waals surface area contributed by atoms with Gasteiger partial charge in [0.05, 0.1) is 5.60 Å². The van der Waals surface area contributed by atoms with E-state index in [9.17, 15) is 5.11 Å². The molecule has 1 fully saturated rings. The fraction of sp³-hybridized carbons (Fsp3) is 1.00. The lowest BCUT2D eigenvalue weighted by Crippen LogP contribution is -2.39. The molecule has 2 heteroatoms. The van der Waals surface area contributed by atoms with E-state index in [-0.39, 0.29) is 0 Å². The van der Waals surface area contributed by atoms with Gasteiger partial charge in [-0.25, -0.2) is 0 Å². The van der Waals surface area contributed by atoms with Crippen molar-refractivity contribution < 1.29 is 5.11 Å². The molecule has 1 aliphatic rings. The second-order valence-electron chi connectivity index (χ2n) is 6.15. The quantitative estimate of drug-likeness (QED) is 0.775. The van der Waals surface area contributed by atoms with Gasteiger partial charge in [0.1, 0.15) is 0 Å². The van der Waals surface area contributed by atoms with Crippen molar-refractivity contribution in [1.29, 1.82) is 0 Å². The summed E-state index contributed by atoms with van der Waals surface area (Å²) in [4.78, 5) is 2.28. The maximum atomic E-state index is 9.73. The maximum absolute atomic E-state index is 9.73. The Morgan fingerprint density at radius 3 is 2.53 bits per heavy atom. The highest BCUT2D eigenvalue weighted by Crippen LogP contribution is 2.29. The van der Waals surface area contributed by atoms with Gasteiger partial charge in [-0.2, -0.15) is 0 Å². The molecule has 15 heavy (non-hydrogen) atoms. The molecule has 1 rings (SSSR count). The highest BCUT2D eigenvalue weighted by molar-refractivity contribution is 4.76. The number of aliphatic hydroxyl groups is 1. The Balaban J connectivity index is 2.28. The summed E-state index contributed by atoms with van der Waals surface area (Å²) in [5.74, 6) is 1.75. The summed E-state index contributed by atoms with van der Waals surface area (Å²) >= 11 is 0. The third kappa shape index (κ3) is 5.53. The number of hydrogen-bond acceptors (Lipinski definition) is 2. The molecule has 2 nitrogen and oxygen atoms in total.